The summed E-state index contributed by atoms with van der Waals surface area (Å²) in [4.78, 5) is 0. The molecule has 66 valence electrons. The fourth-order valence-electron chi connectivity index (χ4n) is 1.42. The lowest BCUT2D eigenvalue weighted by Crippen LogP contribution is -2.11. The van der Waals surface area contributed by atoms with Gasteiger partial charge in [0.05, 0.1) is 5.25 Å². The molecule has 0 aromatic rings. The molecule has 0 aromatic carbocycles. The summed E-state index contributed by atoms with van der Waals surface area (Å²) >= 11 is 2.29. The molecule has 1 aliphatic carbocycles. The van der Waals surface area contributed by atoms with Gasteiger partial charge in [-0.05, 0) is 25.2 Å². The van der Waals surface area contributed by atoms with E-state index in [0.29, 0.717) is 5.92 Å². The first-order valence-corrected chi connectivity index (χ1v) is 7.43. The largest absolute Gasteiger partial charge is 0.235 e. The van der Waals surface area contributed by atoms with Crippen LogP contribution in [0.15, 0.2) is 0 Å². The zero-order chi connectivity index (χ0) is 8.48. The third-order valence-electron chi connectivity index (χ3n) is 2.11. The number of hydrogen-bond acceptors (Lipinski definition) is 2. The molecule has 0 saturated heterocycles. The van der Waals surface area contributed by atoms with Crippen molar-refractivity contribution in [1.29, 1.82) is 0 Å². The van der Waals surface area contributed by atoms with Gasteiger partial charge >= 0.3 is 0 Å². The van der Waals surface area contributed by atoms with Crippen LogP contribution in [0.3, 0.4) is 0 Å². The van der Waals surface area contributed by atoms with Crippen LogP contribution >= 0.6 is 33.3 Å². The summed E-state index contributed by atoms with van der Waals surface area (Å²) in [6.07, 6.45) is 2.52. The molecule has 0 heterocycles. The van der Waals surface area contributed by atoms with Crippen LogP contribution in [-0.4, -0.2) is 18.1 Å². The summed E-state index contributed by atoms with van der Waals surface area (Å²) in [7, 11) is 1.95. The van der Waals surface area contributed by atoms with Gasteiger partial charge in [-0.25, -0.2) is 8.42 Å². The predicted octanol–water partition coefficient (Wildman–Crippen LogP) is 2.16. The summed E-state index contributed by atoms with van der Waals surface area (Å²) in [6, 6.07) is 0. The lowest BCUT2D eigenvalue weighted by atomic mass is 10.1. The minimum absolute atomic E-state index is 0.274. The Kier molecular flexibility index (Phi) is 3.46. The van der Waals surface area contributed by atoms with E-state index >= 15 is 0 Å². The van der Waals surface area contributed by atoms with E-state index in [4.69, 9.17) is 10.7 Å². The van der Waals surface area contributed by atoms with Crippen LogP contribution in [0.2, 0.25) is 0 Å². The maximum Gasteiger partial charge on any atom is 0.235 e. The summed E-state index contributed by atoms with van der Waals surface area (Å²) < 4.78 is 22.8. The van der Waals surface area contributed by atoms with E-state index in [1.165, 1.54) is 0 Å². The second kappa shape index (κ2) is 3.79. The van der Waals surface area contributed by atoms with Crippen LogP contribution in [-0.2, 0) is 9.05 Å². The lowest BCUT2D eigenvalue weighted by Gasteiger charge is -2.04. The van der Waals surface area contributed by atoms with Crippen molar-refractivity contribution in [2.45, 2.75) is 24.5 Å². The van der Waals surface area contributed by atoms with Gasteiger partial charge in [0.15, 0.2) is 0 Å². The summed E-state index contributed by atoms with van der Waals surface area (Å²) in [5, 5.41) is -0.274. The standard InChI is InChI=1S/C6H10ClIO2S/c7-11(9,10)6-2-1-5(3-6)4-8/h5-6H,1-4H2/t5-,6?/m0/s1. The highest BCUT2D eigenvalue weighted by molar-refractivity contribution is 14.1. The van der Waals surface area contributed by atoms with Gasteiger partial charge in [-0.1, -0.05) is 22.6 Å². The molecule has 1 fully saturated rings. The van der Waals surface area contributed by atoms with Crippen LogP contribution in [0, 0.1) is 5.92 Å². The van der Waals surface area contributed by atoms with Gasteiger partial charge in [0.2, 0.25) is 9.05 Å². The van der Waals surface area contributed by atoms with Gasteiger partial charge in [0, 0.05) is 15.1 Å². The Hall–Kier alpha value is 0.970. The van der Waals surface area contributed by atoms with Gasteiger partial charge in [0.25, 0.3) is 0 Å². The average Bonchev–Trinajstić information content (AvgIpc) is 2.32. The van der Waals surface area contributed by atoms with Crippen molar-refractivity contribution in [3.05, 3.63) is 0 Å². The Morgan fingerprint density at radius 2 is 2.09 bits per heavy atom. The second-order valence-electron chi connectivity index (χ2n) is 2.93. The fourth-order valence-corrected chi connectivity index (χ4v) is 3.63. The van der Waals surface area contributed by atoms with E-state index in [0.717, 1.165) is 23.7 Å². The third kappa shape index (κ3) is 2.73. The van der Waals surface area contributed by atoms with Crippen LogP contribution in [0.5, 0.6) is 0 Å². The Balaban J connectivity index is 2.55. The molecule has 0 bridgehead atoms. The van der Waals surface area contributed by atoms with Crippen LogP contribution < -0.4 is 0 Å². The molecule has 0 N–H and O–H groups in total. The summed E-state index contributed by atoms with van der Waals surface area (Å²) in [5.41, 5.74) is 0. The number of rotatable bonds is 2. The molecule has 2 atom stereocenters. The van der Waals surface area contributed by atoms with E-state index in [9.17, 15) is 8.42 Å². The Bertz CT molecular complexity index is 227. The number of halogens is 2. The van der Waals surface area contributed by atoms with Crippen LogP contribution in [0.25, 0.3) is 0 Å². The quantitative estimate of drug-likeness (QED) is 0.445. The molecule has 1 unspecified atom stereocenters. The molecule has 0 aliphatic heterocycles. The number of hydrogen-bond donors (Lipinski definition) is 0. The zero-order valence-corrected chi connectivity index (χ0v) is 9.69. The first-order valence-electron chi connectivity index (χ1n) is 3.53. The SMILES string of the molecule is O=S(=O)(Cl)C1CC[C@H](CI)C1. The Morgan fingerprint density at radius 1 is 1.45 bits per heavy atom. The molecule has 1 aliphatic rings. The van der Waals surface area contributed by atoms with Crippen molar-refractivity contribution in [2.75, 3.05) is 4.43 Å². The normalized spacial score (nSPS) is 32.5. The van der Waals surface area contributed by atoms with E-state index in [2.05, 4.69) is 22.6 Å². The van der Waals surface area contributed by atoms with Gasteiger partial charge in [0.1, 0.15) is 0 Å². The molecular formula is C6H10ClIO2S. The molecular weight excluding hydrogens is 298 g/mol. The molecule has 5 heteroatoms. The smallest absolute Gasteiger partial charge is 0.212 e. The average molecular weight is 309 g/mol. The molecule has 0 aromatic heterocycles. The van der Waals surface area contributed by atoms with Crippen molar-refractivity contribution in [1.82, 2.24) is 0 Å². The van der Waals surface area contributed by atoms with Gasteiger partial charge in [-0.3, -0.25) is 0 Å². The maximum absolute atomic E-state index is 10.9. The third-order valence-corrected chi connectivity index (χ3v) is 5.34. The molecule has 0 spiro atoms. The summed E-state index contributed by atoms with van der Waals surface area (Å²) in [6.45, 7) is 0. The first-order chi connectivity index (χ1) is 5.04. The van der Waals surface area contributed by atoms with Crippen molar-refractivity contribution in [2.24, 2.45) is 5.92 Å². The van der Waals surface area contributed by atoms with Gasteiger partial charge in [-0.2, -0.15) is 0 Å². The van der Waals surface area contributed by atoms with Crippen LogP contribution in [0.1, 0.15) is 19.3 Å². The monoisotopic (exact) mass is 308 g/mol. The lowest BCUT2D eigenvalue weighted by molar-refractivity contribution is 0.587. The molecule has 0 radical (unpaired) electrons. The summed E-state index contributed by atoms with van der Waals surface area (Å²) in [5.74, 6) is 0.564. The molecule has 2 nitrogen and oxygen atoms in total. The van der Waals surface area contributed by atoms with Crippen LogP contribution in [0.4, 0.5) is 0 Å². The first kappa shape index (κ1) is 10.1. The minimum Gasteiger partial charge on any atom is -0.212 e. The zero-order valence-electron chi connectivity index (χ0n) is 5.96. The topological polar surface area (TPSA) is 34.1 Å². The van der Waals surface area contributed by atoms with Crippen molar-refractivity contribution >= 4 is 42.3 Å². The van der Waals surface area contributed by atoms with Crippen molar-refractivity contribution in [3.63, 3.8) is 0 Å². The van der Waals surface area contributed by atoms with Gasteiger partial charge in [-0.15, -0.1) is 0 Å². The molecule has 1 rings (SSSR count). The maximum atomic E-state index is 10.9. The second-order valence-corrected chi connectivity index (χ2v) is 6.72. The van der Waals surface area contributed by atoms with E-state index in [1.54, 1.807) is 0 Å². The molecule has 0 amide bonds. The van der Waals surface area contributed by atoms with Crippen molar-refractivity contribution < 1.29 is 8.42 Å². The Labute approximate surface area is 85.3 Å². The van der Waals surface area contributed by atoms with Crippen molar-refractivity contribution in [3.8, 4) is 0 Å². The van der Waals surface area contributed by atoms with E-state index < -0.39 is 9.05 Å². The molecule has 1 saturated carbocycles. The van der Waals surface area contributed by atoms with Gasteiger partial charge < -0.3 is 0 Å². The highest BCUT2D eigenvalue weighted by atomic mass is 127. The predicted molar refractivity (Wildman–Crippen MR) is 54.8 cm³/mol. The fraction of sp³-hybridized carbons (Fsp3) is 1.00. The highest BCUT2D eigenvalue weighted by Crippen LogP contribution is 2.32. The highest BCUT2D eigenvalue weighted by Gasteiger charge is 2.32. The minimum atomic E-state index is -3.28. The Morgan fingerprint density at radius 3 is 2.36 bits per heavy atom. The molecule has 11 heavy (non-hydrogen) atoms. The van der Waals surface area contributed by atoms with E-state index in [-0.39, 0.29) is 5.25 Å². The number of alkyl halides is 1. The van der Waals surface area contributed by atoms with E-state index in [1.807, 2.05) is 0 Å².